The van der Waals surface area contributed by atoms with E-state index in [1.165, 1.54) is 19.2 Å². The maximum absolute atomic E-state index is 11.4. The quantitative estimate of drug-likeness (QED) is 0.475. The molecule has 0 bridgehead atoms. The van der Waals surface area contributed by atoms with Gasteiger partial charge in [0.15, 0.2) is 0 Å². The van der Waals surface area contributed by atoms with E-state index >= 15 is 0 Å². The van der Waals surface area contributed by atoms with Gasteiger partial charge >= 0.3 is 11.7 Å². The Labute approximate surface area is 138 Å². The molecule has 0 spiro atoms. The largest absolute Gasteiger partial charge is 0.484 e. The first-order valence-corrected chi connectivity index (χ1v) is 7.19. The maximum atomic E-state index is 11.4. The van der Waals surface area contributed by atoms with E-state index in [2.05, 4.69) is 0 Å². The summed E-state index contributed by atoms with van der Waals surface area (Å²) in [6.07, 6.45) is 0. The molecule has 0 radical (unpaired) electrons. The summed E-state index contributed by atoms with van der Waals surface area (Å²) in [6.45, 7) is 2.11. The first kappa shape index (κ1) is 17.4. The Morgan fingerprint density at radius 3 is 2.50 bits per heavy atom. The molecule has 2 aromatic rings. The molecule has 7 nitrogen and oxygen atoms in total. The van der Waals surface area contributed by atoms with Crippen molar-refractivity contribution in [3.63, 3.8) is 0 Å². The molecule has 0 aliphatic rings. The predicted octanol–water partition coefficient (Wildman–Crippen LogP) is 3.29. The third-order valence-electron chi connectivity index (χ3n) is 3.56. The maximum Gasteiger partial charge on any atom is 0.336 e. The number of carboxylic acid groups (broad SMARTS) is 1. The number of carbonyl (C=O) groups is 1. The number of nitro benzene ring substituents is 1. The molecule has 0 atom stereocenters. The van der Waals surface area contributed by atoms with E-state index in [0.29, 0.717) is 16.7 Å². The molecule has 1 N–H and O–H groups in total. The van der Waals surface area contributed by atoms with E-state index in [-0.39, 0.29) is 30.2 Å². The van der Waals surface area contributed by atoms with Gasteiger partial charge in [-0.05, 0) is 30.2 Å². The molecular formula is C17H17NO6. The summed E-state index contributed by atoms with van der Waals surface area (Å²) in [6, 6.07) is 9.36. The van der Waals surface area contributed by atoms with Crippen molar-refractivity contribution in [2.75, 3.05) is 20.3 Å². The van der Waals surface area contributed by atoms with Gasteiger partial charge in [-0.15, -0.1) is 0 Å². The van der Waals surface area contributed by atoms with Crippen molar-refractivity contribution in [3.8, 4) is 16.9 Å². The Kier molecular flexibility index (Phi) is 5.49. The fraction of sp³-hybridized carbons (Fsp3) is 0.235. The molecule has 0 saturated heterocycles. The van der Waals surface area contributed by atoms with Crippen LogP contribution in [-0.2, 0) is 4.74 Å². The van der Waals surface area contributed by atoms with Crippen LogP contribution >= 0.6 is 0 Å². The first-order chi connectivity index (χ1) is 11.5. The standard InChI is InChI=1S/C17H17NO6/c1-11-12(13-5-3-4-6-14(13)17(19)20)7-8-15(18(21)22)16(11)24-10-9-23-2/h3-8H,9-10H2,1-2H3,(H,19,20). The van der Waals surface area contributed by atoms with Gasteiger partial charge in [0.25, 0.3) is 0 Å². The summed E-state index contributed by atoms with van der Waals surface area (Å²) in [5.74, 6) is -0.944. The van der Waals surface area contributed by atoms with Crippen LogP contribution in [0.5, 0.6) is 5.75 Å². The summed E-state index contributed by atoms with van der Waals surface area (Å²) in [5, 5.41) is 20.6. The first-order valence-electron chi connectivity index (χ1n) is 7.19. The number of nitrogens with zero attached hydrogens (tertiary/aromatic N) is 1. The highest BCUT2D eigenvalue weighted by Gasteiger charge is 2.22. The minimum absolute atomic E-state index is 0.120. The second-order valence-electron chi connectivity index (χ2n) is 5.04. The number of ether oxygens (including phenoxy) is 2. The Morgan fingerprint density at radius 1 is 1.17 bits per heavy atom. The Morgan fingerprint density at radius 2 is 1.88 bits per heavy atom. The number of benzene rings is 2. The van der Waals surface area contributed by atoms with Crippen LogP contribution in [0, 0.1) is 17.0 Å². The molecule has 2 aromatic carbocycles. The highest BCUT2D eigenvalue weighted by Crippen LogP contribution is 2.38. The predicted molar refractivity (Wildman–Crippen MR) is 87.6 cm³/mol. The van der Waals surface area contributed by atoms with Gasteiger partial charge in [0.05, 0.1) is 17.1 Å². The Balaban J connectivity index is 2.59. The molecule has 0 aromatic heterocycles. The van der Waals surface area contributed by atoms with Gasteiger partial charge in [0.1, 0.15) is 6.61 Å². The second-order valence-corrected chi connectivity index (χ2v) is 5.04. The summed E-state index contributed by atoms with van der Waals surface area (Å²) in [5.41, 5.74) is 1.52. The highest BCUT2D eigenvalue weighted by atomic mass is 16.6. The van der Waals surface area contributed by atoms with E-state index in [4.69, 9.17) is 9.47 Å². The van der Waals surface area contributed by atoms with Crippen molar-refractivity contribution in [2.45, 2.75) is 6.92 Å². The van der Waals surface area contributed by atoms with Crippen molar-refractivity contribution in [2.24, 2.45) is 0 Å². The second kappa shape index (κ2) is 7.56. The van der Waals surface area contributed by atoms with Crippen molar-refractivity contribution in [1.82, 2.24) is 0 Å². The minimum Gasteiger partial charge on any atom is -0.484 e. The van der Waals surface area contributed by atoms with Crippen LogP contribution in [0.15, 0.2) is 36.4 Å². The third-order valence-corrected chi connectivity index (χ3v) is 3.56. The van der Waals surface area contributed by atoms with Crippen LogP contribution in [-0.4, -0.2) is 36.3 Å². The van der Waals surface area contributed by atoms with E-state index < -0.39 is 10.9 Å². The van der Waals surface area contributed by atoms with Gasteiger partial charge in [-0.1, -0.05) is 18.2 Å². The Hall–Kier alpha value is -2.93. The highest BCUT2D eigenvalue weighted by molar-refractivity contribution is 5.96. The average molecular weight is 331 g/mol. The van der Waals surface area contributed by atoms with Gasteiger partial charge in [-0.25, -0.2) is 4.79 Å². The lowest BCUT2D eigenvalue weighted by molar-refractivity contribution is -0.385. The Bertz CT molecular complexity index is 772. The number of hydrogen-bond donors (Lipinski definition) is 1. The van der Waals surface area contributed by atoms with Gasteiger partial charge in [0.2, 0.25) is 5.75 Å². The SMILES string of the molecule is COCCOc1c([N+](=O)[O-])ccc(-c2ccccc2C(=O)O)c1C. The molecule has 7 heteroatoms. The van der Waals surface area contributed by atoms with Gasteiger partial charge in [0, 0.05) is 18.7 Å². The number of carboxylic acids is 1. The molecule has 126 valence electrons. The molecular weight excluding hydrogens is 314 g/mol. The average Bonchev–Trinajstić information content (AvgIpc) is 2.56. The number of nitro groups is 1. The lowest BCUT2D eigenvalue weighted by Gasteiger charge is -2.14. The van der Waals surface area contributed by atoms with Crippen LogP contribution in [0.2, 0.25) is 0 Å². The summed E-state index contributed by atoms with van der Waals surface area (Å²) >= 11 is 0. The van der Waals surface area contributed by atoms with Gasteiger partial charge in [-0.3, -0.25) is 10.1 Å². The molecule has 0 heterocycles. The number of methoxy groups -OCH3 is 1. The van der Waals surface area contributed by atoms with Crippen LogP contribution in [0.1, 0.15) is 15.9 Å². The summed E-state index contributed by atoms with van der Waals surface area (Å²) in [4.78, 5) is 22.1. The van der Waals surface area contributed by atoms with Crippen LogP contribution in [0.3, 0.4) is 0 Å². The summed E-state index contributed by atoms with van der Waals surface area (Å²) in [7, 11) is 1.50. The minimum atomic E-state index is -1.06. The van der Waals surface area contributed by atoms with Gasteiger partial charge < -0.3 is 14.6 Å². The van der Waals surface area contributed by atoms with E-state index in [0.717, 1.165) is 0 Å². The normalized spacial score (nSPS) is 10.4. The zero-order valence-electron chi connectivity index (χ0n) is 13.3. The smallest absolute Gasteiger partial charge is 0.336 e. The van der Waals surface area contributed by atoms with Crippen molar-refractivity contribution < 1.29 is 24.3 Å². The van der Waals surface area contributed by atoms with E-state index in [1.807, 2.05) is 0 Å². The lowest BCUT2D eigenvalue weighted by Crippen LogP contribution is -2.08. The van der Waals surface area contributed by atoms with E-state index in [1.54, 1.807) is 31.2 Å². The zero-order valence-corrected chi connectivity index (χ0v) is 13.3. The molecule has 0 fully saturated rings. The van der Waals surface area contributed by atoms with Crippen molar-refractivity contribution in [1.29, 1.82) is 0 Å². The zero-order chi connectivity index (χ0) is 17.7. The summed E-state index contributed by atoms with van der Waals surface area (Å²) < 4.78 is 10.4. The van der Waals surface area contributed by atoms with Crippen molar-refractivity contribution >= 4 is 11.7 Å². The van der Waals surface area contributed by atoms with E-state index in [9.17, 15) is 20.0 Å². The van der Waals surface area contributed by atoms with Crippen LogP contribution < -0.4 is 4.74 Å². The van der Waals surface area contributed by atoms with Gasteiger partial charge in [-0.2, -0.15) is 0 Å². The van der Waals surface area contributed by atoms with Crippen LogP contribution in [0.4, 0.5) is 5.69 Å². The number of hydrogen-bond acceptors (Lipinski definition) is 5. The molecule has 2 rings (SSSR count). The molecule has 0 aliphatic carbocycles. The van der Waals surface area contributed by atoms with Crippen molar-refractivity contribution in [3.05, 3.63) is 57.6 Å². The molecule has 24 heavy (non-hydrogen) atoms. The molecule has 0 unspecified atom stereocenters. The lowest BCUT2D eigenvalue weighted by atomic mass is 9.95. The molecule has 0 amide bonds. The molecule has 0 saturated carbocycles. The fourth-order valence-electron chi connectivity index (χ4n) is 2.43. The topological polar surface area (TPSA) is 98.9 Å². The monoisotopic (exact) mass is 331 g/mol. The fourth-order valence-corrected chi connectivity index (χ4v) is 2.43. The number of aromatic carboxylic acids is 1. The van der Waals surface area contributed by atoms with Crippen LogP contribution in [0.25, 0.3) is 11.1 Å². The third kappa shape index (κ3) is 3.52. The molecule has 0 aliphatic heterocycles. The number of rotatable bonds is 7.